The zero-order chi connectivity index (χ0) is 20.0. The Balaban J connectivity index is 2.11. The number of hydrogen-bond donors (Lipinski definition) is 1. The normalized spacial score (nSPS) is 11.1. The number of amides is 2. The summed E-state index contributed by atoms with van der Waals surface area (Å²) in [7, 11) is 0. The van der Waals surface area contributed by atoms with Crippen LogP contribution in [0.2, 0.25) is 5.02 Å². The van der Waals surface area contributed by atoms with E-state index < -0.39 is 0 Å². The van der Waals surface area contributed by atoms with E-state index in [0.717, 1.165) is 5.01 Å². The van der Waals surface area contributed by atoms with Crippen LogP contribution in [-0.2, 0) is 6.54 Å². The van der Waals surface area contributed by atoms with Crippen LogP contribution in [0.4, 0.5) is 0 Å². The van der Waals surface area contributed by atoms with Gasteiger partial charge in [0.1, 0.15) is 10.7 Å². The van der Waals surface area contributed by atoms with E-state index in [1.807, 2.05) is 13.8 Å². The van der Waals surface area contributed by atoms with E-state index in [0.29, 0.717) is 47.8 Å². The van der Waals surface area contributed by atoms with Crippen molar-refractivity contribution >= 4 is 34.8 Å². The first-order chi connectivity index (χ1) is 12.8. The Morgan fingerprint density at radius 3 is 2.41 bits per heavy atom. The van der Waals surface area contributed by atoms with Gasteiger partial charge in [0.05, 0.1) is 6.54 Å². The molecule has 0 bridgehead atoms. The van der Waals surface area contributed by atoms with Gasteiger partial charge < -0.3 is 10.2 Å². The maximum absolute atomic E-state index is 12.9. The van der Waals surface area contributed by atoms with Gasteiger partial charge >= 0.3 is 0 Å². The molecule has 27 heavy (non-hydrogen) atoms. The van der Waals surface area contributed by atoms with E-state index in [1.165, 1.54) is 11.3 Å². The quantitative estimate of drug-likeness (QED) is 0.701. The predicted octanol–water partition coefficient (Wildman–Crippen LogP) is 4.48. The standard InChI is InChI=1S/C20H26ClN3O2S/c1-13(2)9-22-19(25)17-12-27-18(23-17)11-24(10-14(3)4)20(26)15-5-7-16(21)8-6-15/h5-8,12-14H,9-11H2,1-4H3,(H,22,25). The highest BCUT2D eigenvalue weighted by Crippen LogP contribution is 2.17. The number of halogens is 1. The molecule has 2 aromatic rings. The van der Waals surface area contributed by atoms with Crippen LogP contribution in [-0.4, -0.2) is 34.8 Å². The second-order valence-corrected chi connectivity index (χ2v) is 8.70. The van der Waals surface area contributed by atoms with Crippen molar-refractivity contribution in [3.05, 3.63) is 50.9 Å². The second-order valence-electron chi connectivity index (χ2n) is 7.32. The number of hydrogen-bond acceptors (Lipinski definition) is 4. The minimum atomic E-state index is -0.175. The Hall–Kier alpha value is -1.92. The van der Waals surface area contributed by atoms with E-state index in [-0.39, 0.29) is 11.8 Å². The van der Waals surface area contributed by atoms with Crippen LogP contribution in [0.15, 0.2) is 29.6 Å². The smallest absolute Gasteiger partial charge is 0.270 e. The van der Waals surface area contributed by atoms with Crippen LogP contribution >= 0.6 is 22.9 Å². The molecule has 0 spiro atoms. The molecule has 1 N–H and O–H groups in total. The molecule has 0 atom stereocenters. The highest BCUT2D eigenvalue weighted by molar-refractivity contribution is 7.09. The molecule has 7 heteroatoms. The number of carbonyl (C=O) groups is 2. The summed E-state index contributed by atoms with van der Waals surface area (Å²) in [4.78, 5) is 31.2. The Labute approximate surface area is 169 Å². The maximum atomic E-state index is 12.9. The summed E-state index contributed by atoms with van der Waals surface area (Å²) in [5, 5.41) is 5.94. The van der Waals surface area contributed by atoms with Crippen molar-refractivity contribution in [1.82, 2.24) is 15.2 Å². The molecule has 0 fully saturated rings. The maximum Gasteiger partial charge on any atom is 0.270 e. The SMILES string of the molecule is CC(C)CNC(=O)c1csc(CN(CC(C)C)C(=O)c2ccc(Cl)cc2)n1. The summed E-state index contributed by atoms with van der Waals surface area (Å²) < 4.78 is 0. The van der Waals surface area contributed by atoms with Crippen LogP contribution in [0.25, 0.3) is 0 Å². The van der Waals surface area contributed by atoms with Gasteiger partial charge in [-0.2, -0.15) is 0 Å². The summed E-state index contributed by atoms with van der Waals surface area (Å²) in [5.74, 6) is 0.452. The third-order valence-corrected chi connectivity index (χ3v) is 4.83. The first kappa shape index (κ1) is 21.4. The van der Waals surface area contributed by atoms with Crippen molar-refractivity contribution in [1.29, 1.82) is 0 Å². The summed E-state index contributed by atoms with van der Waals surface area (Å²) in [6, 6.07) is 6.88. The van der Waals surface area contributed by atoms with Crippen LogP contribution < -0.4 is 5.32 Å². The Morgan fingerprint density at radius 2 is 1.81 bits per heavy atom. The van der Waals surface area contributed by atoms with Gasteiger partial charge in [-0.25, -0.2) is 4.98 Å². The van der Waals surface area contributed by atoms with Gasteiger partial charge in [-0.3, -0.25) is 9.59 Å². The average molecular weight is 408 g/mol. The van der Waals surface area contributed by atoms with Gasteiger partial charge in [0.25, 0.3) is 11.8 Å². The Morgan fingerprint density at radius 1 is 1.15 bits per heavy atom. The van der Waals surface area contributed by atoms with Crippen molar-refractivity contribution in [2.24, 2.45) is 11.8 Å². The topological polar surface area (TPSA) is 62.3 Å². The molecule has 0 unspecified atom stereocenters. The molecular weight excluding hydrogens is 382 g/mol. The third kappa shape index (κ3) is 6.63. The lowest BCUT2D eigenvalue weighted by molar-refractivity contribution is 0.0722. The molecule has 0 aliphatic heterocycles. The number of aromatic nitrogens is 1. The predicted molar refractivity (Wildman–Crippen MR) is 110 cm³/mol. The lowest BCUT2D eigenvalue weighted by Gasteiger charge is -2.23. The van der Waals surface area contributed by atoms with Gasteiger partial charge in [-0.15, -0.1) is 11.3 Å². The molecule has 0 saturated heterocycles. The van der Waals surface area contributed by atoms with Crippen LogP contribution in [0, 0.1) is 11.8 Å². The van der Waals surface area contributed by atoms with E-state index in [9.17, 15) is 9.59 Å². The molecule has 0 aliphatic rings. The first-order valence-electron chi connectivity index (χ1n) is 9.03. The van der Waals surface area contributed by atoms with E-state index >= 15 is 0 Å². The number of thiazole rings is 1. The molecule has 146 valence electrons. The molecule has 1 aromatic heterocycles. The van der Waals surface area contributed by atoms with Crippen LogP contribution in [0.5, 0.6) is 0 Å². The molecule has 0 radical (unpaired) electrons. The van der Waals surface area contributed by atoms with Crippen LogP contribution in [0.1, 0.15) is 53.5 Å². The average Bonchev–Trinajstić information content (AvgIpc) is 3.07. The highest BCUT2D eigenvalue weighted by atomic mass is 35.5. The fourth-order valence-electron chi connectivity index (χ4n) is 2.47. The van der Waals surface area contributed by atoms with Gasteiger partial charge in [0.15, 0.2) is 0 Å². The first-order valence-corrected chi connectivity index (χ1v) is 10.3. The second kappa shape index (κ2) is 9.85. The highest BCUT2D eigenvalue weighted by Gasteiger charge is 2.20. The summed E-state index contributed by atoms with van der Waals surface area (Å²) >= 11 is 7.31. The molecule has 0 aliphatic carbocycles. The van der Waals surface area contributed by atoms with Crippen molar-refractivity contribution in [2.45, 2.75) is 34.2 Å². The molecule has 1 aromatic carbocycles. The van der Waals surface area contributed by atoms with Gasteiger partial charge in [0.2, 0.25) is 0 Å². The third-order valence-electron chi connectivity index (χ3n) is 3.75. The number of carbonyl (C=O) groups excluding carboxylic acids is 2. The largest absolute Gasteiger partial charge is 0.350 e. The summed E-state index contributed by atoms with van der Waals surface area (Å²) in [5.41, 5.74) is 0.991. The fraction of sp³-hybridized carbons (Fsp3) is 0.450. The monoisotopic (exact) mass is 407 g/mol. The van der Waals surface area contributed by atoms with Gasteiger partial charge in [-0.1, -0.05) is 39.3 Å². The number of rotatable bonds is 8. The minimum Gasteiger partial charge on any atom is -0.350 e. The van der Waals surface area contributed by atoms with E-state index in [1.54, 1.807) is 34.5 Å². The van der Waals surface area contributed by atoms with Crippen molar-refractivity contribution in [3.8, 4) is 0 Å². The van der Waals surface area contributed by atoms with Crippen LogP contribution in [0.3, 0.4) is 0 Å². The fourth-order valence-corrected chi connectivity index (χ4v) is 3.39. The van der Waals surface area contributed by atoms with Crippen molar-refractivity contribution < 1.29 is 9.59 Å². The lowest BCUT2D eigenvalue weighted by Crippen LogP contribution is -2.33. The zero-order valence-corrected chi connectivity index (χ0v) is 17.7. The summed E-state index contributed by atoms with van der Waals surface area (Å²) in [6.07, 6.45) is 0. The van der Waals surface area contributed by atoms with Gasteiger partial charge in [0, 0.05) is 29.1 Å². The van der Waals surface area contributed by atoms with E-state index in [2.05, 4.69) is 24.1 Å². The molecule has 1 heterocycles. The number of nitrogens with zero attached hydrogens (tertiary/aromatic N) is 2. The zero-order valence-electron chi connectivity index (χ0n) is 16.2. The number of nitrogens with one attached hydrogen (secondary N) is 1. The molecule has 0 saturated carbocycles. The molecule has 5 nitrogen and oxygen atoms in total. The van der Waals surface area contributed by atoms with Crippen molar-refractivity contribution in [2.75, 3.05) is 13.1 Å². The van der Waals surface area contributed by atoms with Crippen molar-refractivity contribution in [3.63, 3.8) is 0 Å². The van der Waals surface area contributed by atoms with E-state index in [4.69, 9.17) is 11.6 Å². The van der Waals surface area contributed by atoms with Gasteiger partial charge in [-0.05, 0) is 36.1 Å². The number of benzene rings is 1. The Bertz CT molecular complexity index is 772. The summed E-state index contributed by atoms with van der Waals surface area (Å²) in [6.45, 7) is 9.80. The molecular formula is C20H26ClN3O2S. The lowest BCUT2D eigenvalue weighted by atomic mass is 10.1. The minimum absolute atomic E-state index is 0.0682. The molecule has 2 rings (SSSR count). The molecule has 2 amide bonds. The Kier molecular flexibility index (Phi) is 7.80.